The molecule has 18 heavy (non-hydrogen) atoms. The molecule has 0 saturated heterocycles. The number of hydrogen-bond acceptors (Lipinski definition) is 3. The molecule has 1 heterocycles. The Bertz CT molecular complexity index is 691. The van der Waals surface area contributed by atoms with Crippen LogP contribution in [0.4, 0.5) is 0 Å². The Labute approximate surface area is 109 Å². The van der Waals surface area contributed by atoms with E-state index in [1.165, 1.54) is 5.39 Å². The first kappa shape index (κ1) is 11.2. The number of fused-ring (bicyclic) bond motifs is 1. The molecule has 1 atom stereocenters. The van der Waals surface area contributed by atoms with E-state index in [2.05, 4.69) is 22.3 Å². The molecule has 0 fully saturated rings. The monoisotopic (exact) mass is 258 g/mol. The van der Waals surface area contributed by atoms with Crippen molar-refractivity contribution in [2.45, 2.75) is 12.3 Å². The van der Waals surface area contributed by atoms with Gasteiger partial charge in [0.2, 0.25) is 11.8 Å². The minimum atomic E-state index is -0.272. The summed E-state index contributed by atoms with van der Waals surface area (Å²) in [7, 11) is 0. The number of nitrogens with zero attached hydrogens (tertiary/aromatic N) is 2. The molecule has 0 spiro atoms. The first-order valence-corrected chi connectivity index (χ1v) is 6.14. The van der Waals surface area contributed by atoms with Crippen LogP contribution >= 0.6 is 11.6 Å². The summed E-state index contributed by atoms with van der Waals surface area (Å²) in [4.78, 5) is 0. The van der Waals surface area contributed by atoms with Crippen molar-refractivity contribution in [3.05, 3.63) is 48.4 Å². The molecule has 0 aliphatic heterocycles. The Morgan fingerprint density at radius 1 is 1.06 bits per heavy atom. The van der Waals surface area contributed by atoms with E-state index in [1.807, 2.05) is 30.3 Å². The van der Waals surface area contributed by atoms with Crippen LogP contribution in [0.1, 0.15) is 18.2 Å². The zero-order valence-corrected chi connectivity index (χ0v) is 10.6. The largest absolute Gasteiger partial charge is 0.419 e. The number of benzene rings is 2. The maximum absolute atomic E-state index is 5.90. The van der Waals surface area contributed by atoms with Crippen molar-refractivity contribution in [1.82, 2.24) is 10.2 Å². The summed E-state index contributed by atoms with van der Waals surface area (Å²) in [5, 5.41) is 10.00. The van der Waals surface area contributed by atoms with Gasteiger partial charge in [-0.1, -0.05) is 30.3 Å². The van der Waals surface area contributed by atoms with Crippen LogP contribution in [0.2, 0.25) is 0 Å². The zero-order chi connectivity index (χ0) is 12.5. The smallest absolute Gasteiger partial charge is 0.247 e. The third kappa shape index (κ3) is 1.97. The lowest BCUT2D eigenvalue weighted by atomic mass is 10.1. The molecule has 3 rings (SSSR count). The molecule has 0 saturated carbocycles. The van der Waals surface area contributed by atoms with Crippen molar-refractivity contribution < 1.29 is 4.42 Å². The third-order valence-corrected chi connectivity index (χ3v) is 2.96. The zero-order valence-electron chi connectivity index (χ0n) is 9.80. The number of alkyl halides is 1. The van der Waals surface area contributed by atoms with Crippen molar-refractivity contribution >= 4 is 22.4 Å². The number of rotatable bonds is 2. The van der Waals surface area contributed by atoms with Crippen molar-refractivity contribution in [2.24, 2.45) is 0 Å². The fourth-order valence-corrected chi connectivity index (χ4v) is 1.92. The second-order valence-corrected chi connectivity index (χ2v) is 4.78. The second kappa shape index (κ2) is 4.42. The Kier molecular flexibility index (Phi) is 2.76. The van der Waals surface area contributed by atoms with E-state index in [0.29, 0.717) is 11.8 Å². The molecule has 0 bridgehead atoms. The topological polar surface area (TPSA) is 38.9 Å². The first-order chi connectivity index (χ1) is 8.74. The molecule has 3 nitrogen and oxygen atoms in total. The lowest BCUT2D eigenvalue weighted by Crippen LogP contribution is -1.81. The van der Waals surface area contributed by atoms with Crippen molar-refractivity contribution in [1.29, 1.82) is 0 Å². The Balaban J connectivity index is 2.07. The molecule has 1 unspecified atom stereocenters. The summed E-state index contributed by atoms with van der Waals surface area (Å²) >= 11 is 5.90. The van der Waals surface area contributed by atoms with Gasteiger partial charge in [0, 0.05) is 5.56 Å². The Hall–Kier alpha value is -1.87. The van der Waals surface area contributed by atoms with E-state index in [9.17, 15) is 0 Å². The highest BCUT2D eigenvalue weighted by Gasteiger charge is 2.12. The van der Waals surface area contributed by atoms with Gasteiger partial charge in [0.05, 0.1) is 0 Å². The van der Waals surface area contributed by atoms with Gasteiger partial charge in [-0.2, -0.15) is 0 Å². The van der Waals surface area contributed by atoms with Gasteiger partial charge in [-0.3, -0.25) is 0 Å². The minimum Gasteiger partial charge on any atom is -0.419 e. The van der Waals surface area contributed by atoms with Crippen LogP contribution in [0.3, 0.4) is 0 Å². The highest BCUT2D eigenvalue weighted by molar-refractivity contribution is 6.20. The van der Waals surface area contributed by atoms with Gasteiger partial charge in [-0.25, -0.2) is 0 Å². The van der Waals surface area contributed by atoms with Crippen LogP contribution in [-0.2, 0) is 0 Å². The molecule has 1 aromatic heterocycles. The number of aromatic nitrogens is 2. The summed E-state index contributed by atoms with van der Waals surface area (Å²) in [6.07, 6.45) is 0. The average molecular weight is 259 g/mol. The molecular weight excluding hydrogens is 248 g/mol. The molecule has 3 aromatic rings. The predicted octanol–water partition coefficient (Wildman–Crippen LogP) is 4.19. The molecule has 4 heteroatoms. The van der Waals surface area contributed by atoms with Crippen LogP contribution in [0.5, 0.6) is 0 Å². The highest BCUT2D eigenvalue weighted by Crippen LogP contribution is 2.26. The van der Waals surface area contributed by atoms with Crippen LogP contribution < -0.4 is 0 Å². The van der Waals surface area contributed by atoms with Crippen LogP contribution in [0.15, 0.2) is 46.9 Å². The van der Waals surface area contributed by atoms with Gasteiger partial charge in [0.15, 0.2) is 0 Å². The van der Waals surface area contributed by atoms with E-state index in [0.717, 1.165) is 10.9 Å². The number of hydrogen-bond donors (Lipinski definition) is 0. The van der Waals surface area contributed by atoms with E-state index >= 15 is 0 Å². The van der Waals surface area contributed by atoms with E-state index in [1.54, 1.807) is 6.92 Å². The molecule has 0 aliphatic carbocycles. The van der Waals surface area contributed by atoms with Crippen LogP contribution in [0, 0.1) is 0 Å². The van der Waals surface area contributed by atoms with Gasteiger partial charge in [-0.15, -0.1) is 21.8 Å². The van der Waals surface area contributed by atoms with E-state index in [4.69, 9.17) is 16.0 Å². The predicted molar refractivity (Wildman–Crippen MR) is 71.5 cm³/mol. The molecule has 90 valence electrons. The van der Waals surface area contributed by atoms with Crippen molar-refractivity contribution in [3.63, 3.8) is 0 Å². The summed E-state index contributed by atoms with van der Waals surface area (Å²) in [5.41, 5.74) is 0.907. The maximum Gasteiger partial charge on any atom is 0.247 e. The standard InChI is InChI=1S/C14H11ClN2O/c1-9(15)13-16-17-14(18-13)12-7-6-10-4-2-3-5-11(10)8-12/h2-9H,1H3. The lowest BCUT2D eigenvalue weighted by molar-refractivity contribution is 0.507. The first-order valence-electron chi connectivity index (χ1n) is 5.71. The van der Waals surface area contributed by atoms with Crippen LogP contribution in [-0.4, -0.2) is 10.2 Å². The lowest BCUT2D eigenvalue weighted by Gasteiger charge is -1.99. The molecule has 0 N–H and O–H groups in total. The van der Waals surface area contributed by atoms with Gasteiger partial charge in [-0.05, 0) is 29.8 Å². The fraction of sp³-hybridized carbons (Fsp3) is 0.143. The van der Waals surface area contributed by atoms with Gasteiger partial charge in [0.1, 0.15) is 5.38 Å². The van der Waals surface area contributed by atoms with Crippen molar-refractivity contribution in [3.8, 4) is 11.5 Å². The maximum atomic E-state index is 5.90. The third-order valence-electron chi connectivity index (χ3n) is 2.78. The summed E-state index contributed by atoms with van der Waals surface area (Å²) in [6.45, 7) is 1.80. The average Bonchev–Trinajstić information content (AvgIpc) is 2.88. The number of halogens is 1. The van der Waals surface area contributed by atoms with Gasteiger partial charge in [0.25, 0.3) is 0 Å². The van der Waals surface area contributed by atoms with Crippen LogP contribution in [0.25, 0.3) is 22.2 Å². The summed E-state index contributed by atoms with van der Waals surface area (Å²) < 4.78 is 5.53. The summed E-state index contributed by atoms with van der Waals surface area (Å²) in [5.74, 6) is 0.947. The van der Waals surface area contributed by atoms with Gasteiger partial charge < -0.3 is 4.42 Å². The van der Waals surface area contributed by atoms with E-state index in [-0.39, 0.29) is 5.38 Å². The Morgan fingerprint density at radius 3 is 2.56 bits per heavy atom. The molecule has 0 radical (unpaired) electrons. The van der Waals surface area contributed by atoms with Gasteiger partial charge >= 0.3 is 0 Å². The molecule has 0 aliphatic rings. The highest BCUT2D eigenvalue weighted by atomic mass is 35.5. The van der Waals surface area contributed by atoms with E-state index < -0.39 is 0 Å². The molecular formula is C14H11ClN2O. The fourth-order valence-electron chi connectivity index (χ4n) is 1.83. The quantitative estimate of drug-likeness (QED) is 0.647. The second-order valence-electron chi connectivity index (χ2n) is 4.12. The SMILES string of the molecule is CC(Cl)c1nnc(-c2ccc3ccccc3c2)o1. The summed E-state index contributed by atoms with van der Waals surface area (Å²) in [6, 6.07) is 14.2. The normalized spacial score (nSPS) is 12.8. The molecule has 2 aromatic carbocycles. The molecule has 0 amide bonds. The van der Waals surface area contributed by atoms with Crippen molar-refractivity contribution in [2.75, 3.05) is 0 Å². The Morgan fingerprint density at radius 2 is 1.83 bits per heavy atom. The minimum absolute atomic E-state index is 0.272.